The molecule has 14 heavy (non-hydrogen) atoms. The van der Waals surface area contributed by atoms with Crippen LogP contribution in [0.5, 0.6) is 0 Å². The second-order valence-corrected chi connectivity index (χ2v) is 6.11. The van der Waals surface area contributed by atoms with Gasteiger partial charge in [0.1, 0.15) is 0 Å². The summed E-state index contributed by atoms with van der Waals surface area (Å²) >= 11 is 4.01. The van der Waals surface area contributed by atoms with E-state index in [1.165, 1.54) is 0 Å². The second kappa shape index (κ2) is 7.27. The zero-order valence-electron chi connectivity index (χ0n) is 7.86. The molecule has 0 fully saturated rings. The first kappa shape index (κ1) is 14.0. The van der Waals surface area contributed by atoms with Gasteiger partial charge in [0, 0.05) is 0 Å². The van der Waals surface area contributed by atoms with E-state index >= 15 is 0 Å². The van der Waals surface area contributed by atoms with Gasteiger partial charge in [-0.1, -0.05) is 0 Å². The number of carboxylic acids is 1. The van der Waals surface area contributed by atoms with E-state index in [-0.39, 0.29) is 18.0 Å². The average molecular weight is 265 g/mol. The molecular formula is C8H14CoO4S. The maximum absolute atomic E-state index is 11.1. The number of aliphatic carboxylic acids is 1. The molecule has 0 rings (SSSR count). The molecule has 0 aromatic carbocycles. The third-order valence-electron chi connectivity index (χ3n) is 1.63. The molecule has 0 saturated carbocycles. The van der Waals surface area contributed by atoms with Gasteiger partial charge in [-0.2, -0.15) is 0 Å². The summed E-state index contributed by atoms with van der Waals surface area (Å²) in [6, 6.07) is 0. The quantitative estimate of drug-likeness (QED) is 0.747. The number of hydrogen-bond acceptors (Lipinski definition) is 3. The Balaban J connectivity index is 3.65. The number of carbonyl (C=O) groups is 2. The first-order valence-corrected chi connectivity index (χ1v) is 6.93. The van der Waals surface area contributed by atoms with Crippen LogP contribution < -0.4 is 0 Å². The van der Waals surface area contributed by atoms with E-state index in [4.69, 9.17) is 5.11 Å². The molecule has 0 spiro atoms. The van der Waals surface area contributed by atoms with Crippen LogP contribution in [0.2, 0.25) is 0 Å². The van der Waals surface area contributed by atoms with Gasteiger partial charge in [-0.3, -0.25) is 0 Å². The van der Waals surface area contributed by atoms with Gasteiger partial charge in [0.2, 0.25) is 0 Å². The molecule has 2 atom stereocenters. The fraction of sp³-hybridized carbons (Fsp3) is 0.750. The molecule has 6 heteroatoms. The van der Waals surface area contributed by atoms with Gasteiger partial charge in [-0.15, -0.1) is 0 Å². The summed E-state index contributed by atoms with van der Waals surface area (Å²) in [5.74, 6) is -0.882. The summed E-state index contributed by atoms with van der Waals surface area (Å²) in [6.07, 6.45) is 1.79. The van der Waals surface area contributed by atoms with Crippen molar-refractivity contribution in [3.63, 3.8) is 0 Å². The van der Waals surface area contributed by atoms with Gasteiger partial charge < -0.3 is 0 Å². The SMILES string of the molecule is C[S](=[Co])C(=O)CC(O)CCCC(=O)O. The van der Waals surface area contributed by atoms with E-state index in [1.807, 2.05) is 0 Å². The van der Waals surface area contributed by atoms with Gasteiger partial charge in [0.05, 0.1) is 0 Å². The Kier molecular flexibility index (Phi) is 7.25. The molecule has 0 aromatic heterocycles. The molecule has 4 nitrogen and oxygen atoms in total. The molecule has 0 aromatic rings. The number of rotatable bonds is 6. The second-order valence-electron chi connectivity index (χ2n) is 2.92. The Morgan fingerprint density at radius 2 is 2.07 bits per heavy atom. The predicted molar refractivity (Wildman–Crippen MR) is 50.6 cm³/mol. The monoisotopic (exact) mass is 265 g/mol. The summed E-state index contributed by atoms with van der Waals surface area (Å²) in [6.45, 7) is 0. The van der Waals surface area contributed by atoms with Gasteiger partial charge >= 0.3 is 91.9 Å². The van der Waals surface area contributed by atoms with Crippen molar-refractivity contribution in [3.8, 4) is 0 Å². The molecule has 0 heterocycles. The van der Waals surface area contributed by atoms with Crippen molar-refractivity contribution in [2.75, 3.05) is 6.26 Å². The van der Waals surface area contributed by atoms with Crippen molar-refractivity contribution >= 4 is 20.0 Å². The van der Waals surface area contributed by atoms with Crippen LogP contribution in [0.1, 0.15) is 25.7 Å². The Labute approximate surface area is 92.1 Å². The summed E-state index contributed by atoms with van der Waals surface area (Å²) in [4.78, 5) is 21.3. The van der Waals surface area contributed by atoms with E-state index in [0.717, 1.165) is 0 Å². The fourth-order valence-corrected chi connectivity index (χ4v) is 1.57. The van der Waals surface area contributed by atoms with Crippen LogP contribution in [-0.2, 0) is 23.7 Å². The predicted octanol–water partition coefficient (Wildman–Crippen LogP) is 0.879. The van der Waals surface area contributed by atoms with Crippen LogP contribution in [0.4, 0.5) is 0 Å². The minimum absolute atomic E-state index is 0.0313. The number of aliphatic hydroxyl groups is 1. The van der Waals surface area contributed by atoms with Crippen molar-refractivity contribution in [2.24, 2.45) is 0 Å². The third kappa shape index (κ3) is 7.37. The Bertz CT molecular complexity index is 241. The molecule has 0 aliphatic heterocycles. The molecule has 2 N–H and O–H groups in total. The van der Waals surface area contributed by atoms with Crippen molar-refractivity contribution < 1.29 is 33.9 Å². The van der Waals surface area contributed by atoms with Crippen molar-refractivity contribution in [1.82, 2.24) is 0 Å². The van der Waals surface area contributed by atoms with Gasteiger partial charge in [0.15, 0.2) is 0 Å². The van der Waals surface area contributed by atoms with E-state index in [2.05, 4.69) is 14.1 Å². The van der Waals surface area contributed by atoms with E-state index in [0.29, 0.717) is 12.8 Å². The van der Waals surface area contributed by atoms with Gasteiger partial charge in [-0.05, 0) is 0 Å². The summed E-state index contributed by atoms with van der Waals surface area (Å²) in [5, 5.41) is 17.6. The normalized spacial score (nSPS) is 14.8. The Hall–Kier alpha value is -0.0435. The van der Waals surface area contributed by atoms with Crippen molar-refractivity contribution in [3.05, 3.63) is 0 Å². The summed E-state index contributed by atoms with van der Waals surface area (Å²) < 4.78 is 0. The molecular weight excluding hydrogens is 251 g/mol. The standard InChI is InChI=1S/C8H14O4S.Co/c1-13-8(12)5-6(9)3-2-4-7(10)11;/h6,9H,2-5H2,1H3,(H,10,11);. The molecule has 0 aliphatic rings. The van der Waals surface area contributed by atoms with Crippen LogP contribution in [0, 0.1) is 0 Å². The molecule has 0 radical (unpaired) electrons. The minimum atomic E-state index is -0.882. The Morgan fingerprint density at radius 3 is 2.50 bits per heavy atom. The van der Waals surface area contributed by atoms with Crippen LogP contribution >= 0.6 is 8.87 Å². The van der Waals surface area contributed by atoms with Crippen LogP contribution in [0.25, 0.3) is 0 Å². The fourth-order valence-electron chi connectivity index (χ4n) is 0.894. The van der Waals surface area contributed by atoms with E-state index in [9.17, 15) is 14.7 Å². The average Bonchev–Trinajstić information content (AvgIpc) is 2.02. The van der Waals surface area contributed by atoms with E-state index < -0.39 is 20.9 Å². The first-order valence-electron chi connectivity index (χ1n) is 4.16. The summed E-state index contributed by atoms with van der Waals surface area (Å²) in [5.41, 5.74) is 0. The van der Waals surface area contributed by atoms with Crippen molar-refractivity contribution in [2.45, 2.75) is 31.8 Å². The number of carbonyl (C=O) groups excluding carboxylic acids is 1. The zero-order valence-corrected chi connectivity index (χ0v) is 9.72. The molecule has 2 unspecified atom stereocenters. The molecule has 0 bridgehead atoms. The van der Waals surface area contributed by atoms with Gasteiger partial charge in [-0.25, -0.2) is 0 Å². The third-order valence-corrected chi connectivity index (χ3v) is 3.12. The van der Waals surface area contributed by atoms with Crippen LogP contribution in [-0.4, -0.2) is 33.7 Å². The maximum atomic E-state index is 11.1. The molecule has 0 aliphatic carbocycles. The van der Waals surface area contributed by atoms with Gasteiger partial charge in [0.25, 0.3) is 0 Å². The van der Waals surface area contributed by atoms with E-state index in [1.54, 1.807) is 6.26 Å². The molecule has 0 amide bonds. The zero-order chi connectivity index (χ0) is 11.1. The summed E-state index contributed by atoms with van der Waals surface area (Å²) in [7, 11) is -0.623. The first-order chi connectivity index (χ1) is 6.43. The molecule has 85 valence electrons. The van der Waals surface area contributed by atoms with Crippen LogP contribution in [0.15, 0.2) is 0 Å². The number of carboxylic acid groups (broad SMARTS) is 1. The van der Waals surface area contributed by atoms with Crippen molar-refractivity contribution in [1.29, 1.82) is 0 Å². The number of hydrogen-bond donors (Lipinski definition) is 2. The van der Waals surface area contributed by atoms with Crippen LogP contribution in [0.3, 0.4) is 0 Å². The Morgan fingerprint density at radius 1 is 1.50 bits per heavy atom. The molecule has 0 saturated heterocycles. The number of aliphatic hydroxyl groups excluding tert-OH is 1. The topological polar surface area (TPSA) is 74.6 Å².